The smallest absolute Gasteiger partial charge is 0.248 e. The van der Waals surface area contributed by atoms with Crippen LogP contribution in [0.3, 0.4) is 0 Å². The maximum absolute atomic E-state index is 13.3. The lowest BCUT2D eigenvalue weighted by atomic mass is 9.95. The van der Waals surface area contributed by atoms with Crippen LogP contribution in [0, 0.1) is 6.92 Å². The van der Waals surface area contributed by atoms with Gasteiger partial charge in [-0.15, -0.1) is 0 Å². The Hall–Kier alpha value is -4.50. The molecule has 0 fully saturated rings. The number of rotatable bonds is 9. The molecule has 5 rings (SSSR count). The Kier molecular flexibility index (Phi) is 7.17. The van der Waals surface area contributed by atoms with Gasteiger partial charge in [0.2, 0.25) is 12.8 Å². The Bertz CT molecular complexity index is 1640. The minimum atomic E-state index is -1.06. The minimum Gasteiger partial charge on any atom is -0.461 e. The number of nitrogens with zero attached hydrogens (tertiary/aromatic N) is 4. The van der Waals surface area contributed by atoms with Crippen LogP contribution in [0.2, 0.25) is 0 Å². The van der Waals surface area contributed by atoms with E-state index >= 15 is 0 Å². The number of alkyl halides is 1. The SMILES string of the molecule is Cc1c(C(C)C)c(-c2cccc3nn(CC(O)c4ccccc4)cc23)nn1-c1ccc(C(N)=O)cc1OCF. The first kappa shape index (κ1) is 26.1. The monoisotopic (exact) mass is 527 g/mol. The number of fused-ring (bicyclic) bond motifs is 1. The molecule has 9 heteroatoms. The number of hydrogen-bond acceptors (Lipinski definition) is 5. The fourth-order valence-electron chi connectivity index (χ4n) is 5.01. The number of nitrogens with two attached hydrogens (primary N) is 1. The highest BCUT2D eigenvalue weighted by atomic mass is 19.1. The number of primary amides is 1. The third-order valence-corrected chi connectivity index (χ3v) is 6.82. The molecule has 3 N–H and O–H groups in total. The normalized spacial score (nSPS) is 12.3. The van der Waals surface area contributed by atoms with Gasteiger partial charge in [-0.3, -0.25) is 9.48 Å². The third-order valence-electron chi connectivity index (χ3n) is 6.82. The number of halogens is 1. The van der Waals surface area contributed by atoms with Crippen molar-refractivity contribution in [1.29, 1.82) is 0 Å². The van der Waals surface area contributed by atoms with Gasteiger partial charge in [0.05, 0.1) is 23.9 Å². The summed E-state index contributed by atoms with van der Waals surface area (Å²) in [5.74, 6) is -0.344. The number of carbonyl (C=O) groups is 1. The third kappa shape index (κ3) is 5.00. The summed E-state index contributed by atoms with van der Waals surface area (Å²) in [6.45, 7) is 5.37. The van der Waals surface area contributed by atoms with Crippen molar-refractivity contribution in [1.82, 2.24) is 19.6 Å². The van der Waals surface area contributed by atoms with Gasteiger partial charge in [-0.25, -0.2) is 9.07 Å². The number of ether oxygens (including phenoxy) is 1. The average Bonchev–Trinajstić information content (AvgIpc) is 3.49. The van der Waals surface area contributed by atoms with Crippen molar-refractivity contribution in [2.75, 3.05) is 6.86 Å². The Labute approximate surface area is 225 Å². The lowest BCUT2D eigenvalue weighted by Crippen LogP contribution is -2.12. The molecule has 1 amide bonds. The van der Waals surface area contributed by atoms with E-state index in [-0.39, 0.29) is 17.2 Å². The lowest BCUT2D eigenvalue weighted by molar-refractivity contribution is 0.0999. The maximum Gasteiger partial charge on any atom is 0.248 e. The van der Waals surface area contributed by atoms with E-state index in [2.05, 4.69) is 13.8 Å². The molecule has 0 bridgehead atoms. The Morgan fingerprint density at radius 2 is 1.85 bits per heavy atom. The second-order valence-corrected chi connectivity index (χ2v) is 9.73. The van der Waals surface area contributed by atoms with E-state index in [4.69, 9.17) is 20.7 Å². The molecule has 200 valence electrons. The summed E-state index contributed by atoms with van der Waals surface area (Å²) in [5.41, 5.74) is 11.3. The standard InChI is InChI=1S/C30H30FN5O3/c1-18(2)28-19(3)36(25-13-12-21(30(32)38)14-27(25)39-17-31)34-29(28)22-10-7-11-24-23(22)15-35(33-24)16-26(37)20-8-5-4-6-9-20/h4-15,18,26,37H,16-17H2,1-3H3,(H2,32,38). The van der Waals surface area contributed by atoms with Gasteiger partial charge in [0, 0.05) is 34.0 Å². The molecule has 1 atom stereocenters. The first-order valence-corrected chi connectivity index (χ1v) is 12.7. The van der Waals surface area contributed by atoms with Gasteiger partial charge in [-0.1, -0.05) is 56.3 Å². The van der Waals surface area contributed by atoms with E-state index in [1.165, 1.54) is 6.07 Å². The van der Waals surface area contributed by atoms with Crippen LogP contribution in [-0.4, -0.2) is 37.4 Å². The molecule has 0 spiro atoms. The van der Waals surface area contributed by atoms with Gasteiger partial charge in [0.25, 0.3) is 0 Å². The van der Waals surface area contributed by atoms with Crippen molar-refractivity contribution in [2.45, 2.75) is 39.3 Å². The minimum absolute atomic E-state index is 0.120. The molecular weight excluding hydrogens is 497 g/mol. The number of aliphatic hydroxyl groups excluding tert-OH is 1. The Morgan fingerprint density at radius 3 is 2.54 bits per heavy atom. The molecule has 0 saturated carbocycles. The second kappa shape index (κ2) is 10.7. The van der Waals surface area contributed by atoms with Crippen molar-refractivity contribution in [3.63, 3.8) is 0 Å². The van der Waals surface area contributed by atoms with Crippen LogP contribution in [-0.2, 0) is 6.54 Å². The predicted octanol–water partition coefficient (Wildman–Crippen LogP) is 5.46. The molecule has 0 aliphatic heterocycles. The van der Waals surface area contributed by atoms with Gasteiger partial charge in [-0.05, 0) is 42.7 Å². The average molecular weight is 528 g/mol. The predicted molar refractivity (Wildman–Crippen MR) is 148 cm³/mol. The van der Waals surface area contributed by atoms with E-state index in [0.717, 1.165) is 39.0 Å². The van der Waals surface area contributed by atoms with Crippen LogP contribution in [0.4, 0.5) is 4.39 Å². The van der Waals surface area contributed by atoms with Crippen LogP contribution in [0.25, 0.3) is 27.8 Å². The lowest BCUT2D eigenvalue weighted by Gasteiger charge is -2.12. The molecule has 0 saturated heterocycles. The molecule has 5 aromatic rings. The highest BCUT2D eigenvalue weighted by Gasteiger charge is 2.24. The van der Waals surface area contributed by atoms with Crippen LogP contribution in [0.1, 0.15) is 53.0 Å². The van der Waals surface area contributed by atoms with Gasteiger partial charge in [0.15, 0.2) is 0 Å². The van der Waals surface area contributed by atoms with E-state index < -0.39 is 18.9 Å². The number of benzene rings is 3. The zero-order valence-electron chi connectivity index (χ0n) is 22.0. The topological polar surface area (TPSA) is 108 Å². The summed E-state index contributed by atoms with van der Waals surface area (Å²) in [6.07, 6.45) is 1.23. The van der Waals surface area contributed by atoms with Gasteiger partial charge in [-0.2, -0.15) is 10.2 Å². The fourth-order valence-corrected chi connectivity index (χ4v) is 5.01. The van der Waals surface area contributed by atoms with Crippen LogP contribution in [0.5, 0.6) is 5.75 Å². The summed E-state index contributed by atoms with van der Waals surface area (Å²) in [6, 6.07) is 20.0. The van der Waals surface area contributed by atoms with E-state index in [9.17, 15) is 14.3 Å². The summed E-state index contributed by atoms with van der Waals surface area (Å²) in [4.78, 5) is 11.7. The molecule has 2 heterocycles. The van der Waals surface area contributed by atoms with Gasteiger partial charge < -0.3 is 15.6 Å². The number of aromatic nitrogens is 4. The summed E-state index contributed by atoms with van der Waals surface area (Å²) in [5, 5.41) is 21.3. The maximum atomic E-state index is 13.3. The van der Waals surface area contributed by atoms with Gasteiger partial charge >= 0.3 is 0 Å². The molecule has 0 aliphatic rings. The van der Waals surface area contributed by atoms with E-state index in [0.29, 0.717) is 12.2 Å². The zero-order chi connectivity index (χ0) is 27.7. The van der Waals surface area contributed by atoms with E-state index in [1.54, 1.807) is 21.5 Å². The number of aliphatic hydroxyl groups is 1. The van der Waals surface area contributed by atoms with Crippen molar-refractivity contribution < 1.29 is 19.0 Å². The van der Waals surface area contributed by atoms with E-state index in [1.807, 2.05) is 61.7 Å². The van der Waals surface area contributed by atoms with Crippen LogP contribution < -0.4 is 10.5 Å². The molecule has 3 aromatic carbocycles. The highest BCUT2D eigenvalue weighted by Crippen LogP contribution is 2.37. The molecular formula is C30H30FN5O3. The van der Waals surface area contributed by atoms with Crippen molar-refractivity contribution in [3.05, 3.63) is 95.3 Å². The Balaban J connectivity index is 1.61. The number of carbonyl (C=O) groups excluding carboxylic acids is 1. The summed E-state index contributed by atoms with van der Waals surface area (Å²) < 4.78 is 22.0. The first-order valence-electron chi connectivity index (χ1n) is 12.7. The molecule has 0 aliphatic carbocycles. The van der Waals surface area contributed by atoms with Gasteiger partial charge in [0.1, 0.15) is 11.4 Å². The molecule has 8 nitrogen and oxygen atoms in total. The van der Waals surface area contributed by atoms with Crippen molar-refractivity contribution in [3.8, 4) is 22.7 Å². The summed E-state index contributed by atoms with van der Waals surface area (Å²) in [7, 11) is 0. The molecule has 1 unspecified atom stereocenters. The van der Waals surface area contributed by atoms with Crippen molar-refractivity contribution in [2.24, 2.45) is 5.73 Å². The molecule has 2 aromatic heterocycles. The highest BCUT2D eigenvalue weighted by molar-refractivity contribution is 5.95. The van der Waals surface area contributed by atoms with Crippen LogP contribution >= 0.6 is 0 Å². The van der Waals surface area contributed by atoms with Crippen molar-refractivity contribution >= 4 is 16.8 Å². The fraction of sp³-hybridized carbons (Fsp3) is 0.233. The zero-order valence-corrected chi connectivity index (χ0v) is 22.0. The summed E-state index contributed by atoms with van der Waals surface area (Å²) >= 11 is 0. The number of hydrogen-bond donors (Lipinski definition) is 2. The first-order chi connectivity index (χ1) is 18.8. The molecule has 0 radical (unpaired) electrons. The number of amides is 1. The quantitative estimate of drug-likeness (QED) is 0.265. The second-order valence-electron chi connectivity index (χ2n) is 9.73. The van der Waals surface area contributed by atoms with Crippen LogP contribution in [0.15, 0.2) is 72.9 Å². The largest absolute Gasteiger partial charge is 0.461 e. The Morgan fingerprint density at radius 1 is 1.08 bits per heavy atom. The molecule has 39 heavy (non-hydrogen) atoms.